The third-order valence-corrected chi connectivity index (χ3v) is 5.34. The van der Waals surface area contributed by atoms with Crippen molar-refractivity contribution in [3.63, 3.8) is 0 Å². The number of carbonyl (C=O) groups excluding carboxylic acids is 2. The highest BCUT2D eigenvalue weighted by Gasteiger charge is 2.35. The van der Waals surface area contributed by atoms with Gasteiger partial charge in [-0.15, -0.1) is 12.4 Å². The van der Waals surface area contributed by atoms with E-state index in [2.05, 4.69) is 10.6 Å². The minimum absolute atomic E-state index is 0. The molecule has 2 unspecified atom stereocenters. The minimum Gasteiger partial charge on any atom is -0.356 e. The van der Waals surface area contributed by atoms with Crippen molar-refractivity contribution in [3.05, 3.63) is 28.2 Å². The van der Waals surface area contributed by atoms with Crippen LogP contribution in [0.25, 0.3) is 0 Å². The number of carbonyl (C=O) groups is 2. The molecule has 0 aliphatic carbocycles. The molecule has 2 heterocycles. The van der Waals surface area contributed by atoms with Crippen LogP contribution in [0, 0.1) is 11.8 Å². The molecule has 8 heteroatoms. The van der Waals surface area contributed by atoms with E-state index in [1.165, 1.54) is 12.8 Å². The Labute approximate surface area is 170 Å². The second-order valence-corrected chi connectivity index (χ2v) is 7.70. The molecule has 5 nitrogen and oxygen atoms in total. The van der Waals surface area contributed by atoms with Crippen molar-refractivity contribution >= 4 is 53.1 Å². The summed E-state index contributed by atoms with van der Waals surface area (Å²) < 4.78 is 0. The molecule has 1 aromatic rings. The summed E-state index contributed by atoms with van der Waals surface area (Å²) in [7, 11) is 0. The summed E-state index contributed by atoms with van der Waals surface area (Å²) in [5, 5.41) is 7.32. The van der Waals surface area contributed by atoms with Crippen molar-refractivity contribution in [3.8, 4) is 0 Å². The lowest BCUT2D eigenvalue weighted by atomic mass is 9.96. The molecule has 2 aliphatic rings. The van der Waals surface area contributed by atoms with Crippen LogP contribution in [-0.2, 0) is 9.59 Å². The average molecular weight is 421 g/mol. The first-order valence-electron chi connectivity index (χ1n) is 8.78. The summed E-state index contributed by atoms with van der Waals surface area (Å²) in [4.78, 5) is 26.3. The number of amides is 2. The smallest absolute Gasteiger partial charge is 0.227 e. The molecule has 2 saturated heterocycles. The fourth-order valence-corrected chi connectivity index (χ4v) is 4.06. The molecule has 0 spiro atoms. The van der Waals surface area contributed by atoms with Gasteiger partial charge in [0, 0.05) is 35.2 Å². The Morgan fingerprint density at radius 3 is 2.65 bits per heavy atom. The van der Waals surface area contributed by atoms with E-state index in [-0.39, 0.29) is 36.6 Å². The van der Waals surface area contributed by atoms with E-state index >= 15 is 0 Å². The molecule has 3 rings (SSSR count). The predicted octanol–water partition coefficient (Wildman–Crippen LogP) is 3.27. The van der Waals surface area contributed by atoms with Crippen LogP contribution in [0.1, 0.15) is 25.7 Å². The second-order valence-electron chi connectivity index (χ2n) is 6.83. The molecule has 2 amide bonds. The fourth-order valence-electron chi connectivity index (χ4n) is 3.54. The monoisotopic (exact) mass is 419 g/mol. The molecule has 0 radical (unpaired) electrons. The minimum atomic E-state index is -0.324. The zero-order chi connectivity index (χ0) is 17.8. The lowest BCUT2D eigenvalue weighted by Gasteiger charge is -2.23. The SMILES string of the molecule is Cl.O=C(NCCC1CCCNC1)C1CC(=O)N(c2cc(Cl)cc(Cl)c2)C1. The standard InChI is InChI=1S/C18H23Cl2N3O2.ClH/c19-14-7-15(20)9-16(8-14)23-11-13(6-17(23)24)18(25)22-5-3-12-2-1-4-21-10-12;/h7-9,12-13,21H,1-6,10-11H2,(H,22,25);1H. The summed E-state index contributed by atoms with van der Waals surface area (Å²) in [6, 6.07) is 5.01. The molecule has 2 N–H and O–H groups in total. The third-order valence-electron chi connectivity index (χ3n) is 4.91. The van der Waals surface area contributed by atoms with E-state index in [9.17, 15) is 9.59 Å². The lowest BCUT2D eigenvalue weighted by Crippen LogP contribution is -2.36. The van der Waals surface area contributed by atoms with Crippen LogP contribution in [0.2, 0.25) is 10.0 Å². The molecule has 26 heavy (non-hydrogen) atoms. The molecule has 2 aliphatic heterocycles. The van der Waals surface area contributed by atoms with Gasteiger partial charge in [-0.2, -0.15) is 0 Å². The van der Waals surface area contributed by atoms with Gasteiger partial charge >= 0.3 is 0 Å². The van der Waals surface area contributed by atoms with Crippen molar-refractivity contribution in [1.82, 2.24) is 10.6 Å². The highest BCUT2D eigenvalue weighted by molar-refractivity contribution is 6.35. The maximum atomic E-state index is 12.4. The summed E-state index contributed by atoms with van der Waals surface area (Å²) >= 11 is 12.0. The third kappa shape index (κ3) is 5.49. The molecule has 2 fully saturated rings. The van der Waals surface area contributed by atoms with Crippen LogP contribution in [0.3, 0.4) is 0 Å². The molecule has 0 bridgehead atoms. The maximum absolute atomic E-state index is 12.4. The first-order chi connectivity index (χ1) is 12.0. The number of nitrogens with zero attached hydrogens (tertiary/aromatic N) is 1. The van der Waals surface area contributed by atoms with Gasteiger partial charge in [0.2, 0.25) is 11.8 Å². The number of hydrogen-bond donors (Lipinski definition) is 2. The molecule has 0 aromatic heterocycles. The molecular formula is C18H24Cl3N3O2. The van der Waals surface area contributed by atoms with Gasteiger partial charge in [-0.25, -0.2) is 0 Å². The first kappa shape index (κ1) is 21.3. The van der Waals surface area contributed by atoms with Crippen molar-refractivity contribution in [1.29, 1.82) is 0 Å². The second kappa shape index (κ2) is 9.79. The van der Waals surface area contributed by atoms with Crippen LogP contribution in [0.4, 0.5) is 5.69 Å². The quantitative estimate of drug-likeness (QED) is 0.768. The summed E-state index contributed by atoms with van der Waals surface area (Å²) in [5.41, 5.74) is 0.645. The van der Waals surface area contributed by atoms with Gasteiger partial charge in [-0.3, -0.25) is 9.59 Å². The Kier molecular flexibility index (Phi) is 8.02. The maximum Gasteiger partial charge on any atom is 0.227 e. The fraction of sp³-hybridized carbons (Fsp3) is 0.556. The van der Waals surface area contributed by atoms with Crippen LogP contribution >= 0.6 is 35.6 Å². The number of benzene rings is 1. The van der Waals surface area contributed by atoms with Crippen molar-refractivity contribution in [2.75, 3.05) is 31.1 Å². The lowest BCUT2D eigenvalue weighted by molar-refractivity contribution is -0.126. The average Bonchev–Trinajstić information content (AvgIpc) is 2.97. The van der Waals surface area contributed by atoms with Crippen molar-refractivity contribution < 1.29 is 9.59 Å². The van der Waals surface area contributed by atoms with Crippen LogP contribution < -0.4 is 15.5 Å². The summed E-state index contributed by atoms with van der Waals surface area (Å²) in [5.74, 6) is 0.182. The molecular weight excluding hydrogens is 397 g/mol. The highest BCUT2D eigenvalue weighted by Crippen LogP contribution is 2.30. The number of anilines is 1. The van der Waals surface area contributed by atoms with Gasteiger partial charge in [0.1, 0.15) is 0 Å². The van der Waals surface area contributed by atoms with E-state index in [0.29, 0.717) is 34.7 Å². The topological polar surface area (TPSA) is 61.4 Å². The van der Waals surface area contributed by atoms with Crippen LogP contribution in [0.15, 0.2) is 18.2 Å². The van der Waals surface area contributed by atoms with E-state index in [0.717, 1.165) is 19.5 Å². The van der Waals surface area contributed by atoms with Crippen molar-refractivity contribution in [2.24, 2.45) is 11.8 Å². The van der Waals surface area contributed by atoms with Gasteiger partial charge in [0.15, 0.2) is 0 Å². The van der Waals surface area contributed by atoms with Crippen LogP contribution in [-0.4, -0.2) is 38.0 Å². The highest BCUT2D eigenvalue weighted by atomic mass is 35.5. The Morgan fingerprint density at radius 2 is 2.00 bits per heavy atom. The number of hydrogen-bond acceptors (Lipinski definition) is 3. The zero-order valence-electron chi connectivity index (χ0n) is 14.5. The van der Waals surface area contributed by atoms with Crippen molar-refractivity contribution in [2.45, 2.75) is 25.7 Å². The number of rotatable bonds is 5. The number of halogens is 3. The van der Waals surface area contributed by atoms with E-state index in [1.54, 1.807) is 23.1 Å². The normalized spacial score (nSPS) is 22.8. The Morgan fingerprint density at radius 1 is 1.27 bits per heavy atom. The predicted molar refractivity (Wildman–Crippen MR) is 107 cm³/mol. The van der Waals surface area contributed by atoms with E-state index < -0.39 is 0 Å². The van der Waals surface area contributed by atoms with E-state index in [4.69, 9.17) is 23.2 Å². The largest absolute Gasteiger partial charge is 0.356 e. The molecule has 1 aromatic carbocycles. The summed E-state index contributed by atoms with van der Waals surface area (Å²) in [6.07, 6.45) is 3.62. The Bertz CT molecular complexity index is 630. The number of piperidine rings is 1. The molecule has 144 valence electrons. The molecule has 2 atom stereocenters. The number of nitrogens with one attached hydrogen (secondary N) is 2. The van der Waals surface area contributed by atoms with Gasteiger partial charge in [-0.05, 0) is 56.5 Å². The van der Waals surface area contributed by atoms with Gasteiger partial charge in [0.25, 0.3) is 0 Å². The Balaban J connectivity index is 0.00000243. The van der Waals surface area contributed by atoms with Gasteiger partial charge < -0.3 is 15.5 Å². The molecule has 0 saturated carbocycles. The Hall–Kier alpha value is -1.01. The first-order valence-corrected chi connectivity index (χ1v) is 9.53. The van der Waals surface area contributed by atoms with Gasteiger partial charge in [-0.1, -0.05) is 23.2 Å². The van der Waals surface area contributed by atoms with Gasteiger partial charge in [0.05, 0.1) is 5.92 Å². The van der Waals surface area contributed by atoms with Crippen LogP contribution in [0.5, 0.6) is 0 Å². The zero-order valence-corrected chi connectivity index (χ0v) is 16.8. The van der Waals surface area contributed by atoms with E-state index in [1.807, 2.05) is 0 Å². The summed E-state index contributed by atoms with van der Waals surface area (Å²) in [6.45, 7) is 3.16.